The van der Waals surface area contributed by atoms with Gasteiger partial charge in [-0.1, -0.05) is 18.9 Å². The summed E-state index contributed by atoms with van der Waals surface area (Å²) in [5, 5.41) is 0. The second-order valence-electron chi connectivity index (χ2n) is 5.20. The van der Waals surface area contributed by atoms with E-state index in [2.05, 4.69) is 18.5 Å². The predicted molar refractivity (Wildman–Crippen MR) is 86.6 cm³/mol. The van der Waals surface area contributed by atoms with Gasteiger partial charge in [-0.3, -0.25) is 4.79 Å². The van der Waals surface area contributed by atoms with Crippen LogP contribution in [0.3, 0.4) is 0 Å². The third kappa shape index (κ3) is 7.51. The summed E-state index contributed by atoms with van der Waals surface area (Å²) < 4.78 is 5.63. The average molecular weight is 290 g/mol. The van der Waals surface area contributed by atoms with Crippen LogP contribution in [0.25, 0.3) is 0 Å². The van der Waals surface area contributed by atoms with E-state index in [0.29, 0.717) is 12.2 Å². The predicted octanol–water partition coefficient (Wildman–Crippen LogP) is 2.84. The number of nitrogens with zero attached hydrogens (tertiary/aromatic N) is 1. The van der Waals surface area contributed by atoms with Crippen LogP contribution in [-0.4, -0.2) is 37.6 Å². The number of hydrogen-bond donors (Lipinski definition) is 1. The molecule has 0 aromatic heterocycles. The van der Waals surface area contributed by atoms with Gasteiger partial charge in [-0.05, 0) is 50.7 Å². The fourth-order valence-corrected chi connectivity index (χ4v) is 2.05. The van der Waals surface area contributed by atoms with Gasteiger partial charge in [0.25, 0.3) is 0 Å². The minimum Gasteiger partial charge on any atom is -0.494 e. The lowest BCUT2D eigenvalue weighted by Crippen LogP contribution is -2.19. The van der Waals surface area contributed by atoms with Crippen LogP contribution in [0.15, 0.2) is 36.9 Å². The summed E-state index contributed by atoms with van der Waals surface area (Å²) in [4.78, 5) is 13.2. The summed E-state index contributed by atoms with van der Waals surface area (Å²) in [5.74, 6) is 0.369. The molecule has 0 fully saturated rings. The van der Waals surface area contributed by atoms with Gasteiger partial charge in [-0.25, -0.2) is 0 Å². The molecule has 0 heterocycles. The quantitative estimate of drug-likeness (QED) is 0.503. The Bertz CT molecular complexity index is 429. The van der Waals surface area contributed by atoms with Crippen molar-refractivity contribution in [1.82, 2.24) is 4.90 Å². The molecule has 0 atom stereocenters. The van der Waals surface area contributed by atoms with Crippen molar-refractivity contribution in [2.45, 2.75) is 25.7 Å². The zero-order chi connectivity index (χ0) is 15.5. The van der Waals surface area contributed by atoms with Crippen LogP contribution >= 0.6 is 0 Å². The third-order valence-corrected chi connectivity index (χ3v) is 3.28. The van der Waals surface area contributed by atoms with Crippen LogP contribution < -0.4 is 10.5 Å². The summed E-state index contributed by atoms with van der Waals surface area (Å²) >= 11 is 0. The minimum absolute atomic E-state index is 0.414. The lowest BCUT2D eigenvalue weighted by Gasteiger charge is -2.13. The number of carbonyl (C=O) groups excluding carboxylic acids is 1. The molecule has 0 saturated carbocycles. The molecule has 0 aliphatic rings. The fraction of sp³-hybridized carbons (Fsp3) is 0.471. The highest BCUT2D eigenvalue weighted by Crippen LogP contribution is 2.12. The van der Waals surface area contributed by atoms with E-state index in [0.717, 1.165) is 25.3 Å². The van der Waals surface area contributed by atoms with E-state index in [-0.39, 0.29) is 0 Å². The maximum atomic E-state index is 10.9. The van der Waals surface area contributed by atoms with Gasteiger partial charge in [0.1, 0.15) is 5.75 Å². The first kappa shape index (κ1) is 17.2. The van der Waals surface area contributed by atoms with Gasteiger partial charge in [-0.2, -0.15) is 0 Å². The SMILES string of the molecule is C=CCN(C)CCCCCCOc1ccc(C(N)=O)cc1. The first-order valence-corrected chi connectivity index (χ1v) is 7.45. The number of likely N-dealkylation sites (N-methyl/N-ethyl adjacent to an activating group) is 1. The number of benzene rings is 1. The summed E-state index contributed by atoms with van der Waals surface area (Å²) in [5.41, 5.74) is 5.69. The first-order chi connectivity index (χ1) is 10.1. The van der Waals surface area contributed by atoms with Crippen LogP contribution in [0.1, 0.15) is 36.0 Å². The molecule has 4 heteroatoms. The topological polar surface area (TPSA) is 55.6 Å². The number of rotatable bonds is 11. The van der Waals surface area contributed by atoms with Crippen molar-refractivity contribution in [2.75, 3.05) is 26.7 Å². The maximum absolute atomic E-state index is 10.9. The first-order valence-electron chi connectivity index (χ1n) is 7.45. The number of hydrogen-bond acceptors (Lipinski definition) is 3. The molecule has 0 aliphatic heterocycles. The number of unbranched alkanes of at least 4 members (excludes halogenated alkanes) is 3. The largest absolute Gasteiger partial charge is 0.494 e. The van der Waals surface area contributed by atoms with E-state index in [1.54, 1.807) is 24.3 Å². The van der Waals surface area contributed by atoms with Crippen LogP contribution in [0, 0.1) is 0 Å². The van der Waals surface area contributed by atoms with E-state index >= 15 is 0 Å². The third-order valence-electron chi connectivity index (χ3n) is 3.28. The molecule has 0 radical (unpaired) electrons. The lowest BCUT2D eigenvalue weighted by atomic mass is 10.2. The Balaban J connectivity index is 2.06. The van der Waals surface area contributed by atoms with Crippen LogP contribution in [0.4, 0.5) is 0 Å². The Kier molecular flexibility index (Phi) is 8.21. The van der Waals surface area contributed by atoms with Crippen molar-refractivity contribution in [3.63, 3.8) is 0 Å². The number of carbonyl (C=O) groups is 1. The molecule has 0 unspecified atom stereocenters. The number of ether oxygens (including phenoxy) is 1. The van der Waals surface area contributed by atoms with Crippen LogP contribution in [0.2, 0.25) is 0 Å². The molecule has 116 valence electrons. The molecule has 1 aromatic carbocycles. The van der Waals surface area contributed by atoms with Crippen molar-refractivity contribution in [2.24, 2.45) is 5.73 Å². The Morgan fingerprint density at radius 1 is 1.24 bits per heavy atom. The highest BCUT2D eigenvalue weighted by Gasteiger charge is 2.00. The van der Waals surface area contributed by atoms with Gasteiger partial charge in [0.2, 0.25) is 5.91 Å². The minimum atomic E-state index is -0.414. The number of amides is 1. The molecular weight excluding hydrogens is 264 g/mol. The highest BCUT2D eigenvalue weighted by atomic mass is 16.5. The highest BCUT2D eigenvalue weighted by molar-refractivity contribution is 5.92. The molecule has 0 saturated heterocycles. The van der Waals surface area contributed by atoms with Crippen molar-refractivity contribution in [3.8, 4) is 5.75 Å². The van der Waals surface area contributed by atoms with Gasteiger partial charge >= 0.3 is 0 Å². The second kappa shape index (κ2) is 10.00. The monoisotopic (exact) mass is 290 g/mol. The summed E-state index contributed by atoms with van der Waals surface area (Å²) in [7, 11) is 2.11. The van der Waals surface area contributed by atoms with Crippen LogP contribution in [0.5, 0.6) is 5.75 Å². The van der Waals surface area contributed by atoms with Gasteiger partial charge in [0.15, 0.2) is 0 Å². The van der Waals surface area contributed by atoms with Crippen molar-refractivity contribution < 1.29 is 9.53 Å². The normalized spacial score (nSPS) is 10.6. The number of primary amides is 1. The summed E-state index contributed by atoms with van der Waals surface area (Å²) in [6.07, 6.45) is 6.56. The standard InChI is InChI=1S/C17H26N2O2/c1-3-12-19(2)13-6-4-5-7-14-21-16-10-8-15(9-11-16)17(18)20/h3,8-11H,1,4-7,12-14H2,2H3,(H2,18,20). The van der Waals surface area contributed by atoms with E-state index in [1.807, 2.05) is 6.08 Å². The van der Waals surface area contributed by atoms with Crippen molar-refractivity contribution >= 4 is 5.91 Å². The zero-order valence-corrected chi connectivity index (χ0v) is 12.9. The zero-order valence-electron chi connectivity index (χ0n) is 12.9. The van der Waals surface area contributed by atoms with E-state index in [1.165, 1.54) is 19.3 Å². The Hall–Kier alpha value is -1.81. The van der Waals surface area contributed by atoms with Gasteiger partial charge in [0.05, 0.1) is 6.61 Å². The molecule has 21 heavy (non-hydrogen) atoms. The average Bonchev–Trinajstić information content (AvgIpc) is 2.47. The van der Waals surface area contributed by atoms with Gasteiger partial charge in [0, 0.05) is 12.1 Å². The Morgan fingerprint density at radius 3 is 2.52 bits per heavy atom. The maximum Gasteiger partial charge on any atom is 0.248 e. The van der Waals surface area contributed by atoms with Crippen LogP contribution in [-0.2, 0) is 0 Å². The van der Waals surface area contributed by atoms with Crippen molar-refractivity contribution in [1.29, 1.82) is 0 Å². The summed E-state index contributed by atoms with van der Waals surface area (Å²) in [6.45, 7) is 6.50. The molecule has 4 nitrogen and oxygen atoms in total. The van der Waals surface area contributed by atoms with Gasteiger partial charge < -0.3 is 15.4 Å². The van der Waals surface area contributed by atoms with E-state index in [4.69, 9.17) is 10.5 Å². The molecule has 1 amide bonds. The Labute approximate surface area is 127 Å². The number of nitrogens with two attached hydrogens (primary N) is 1. The molecular formula is C17H26N2O2. The van der Waals surface area contributed by atoms with E-state index < -0.39 is 5.91 Å². The molecule has 0 aliphatic carbocycles. The van der Waals surface area contributed by atoms with E-state index in [9.17, 15) is 4.79 Å². The molecule has 1 aromatic rings. The Morgan fingerprint density at radius 2 is 1.90 bits per heavy atom. The molecule has 0 bridgehead atoms. The fourth-order valence-electron chi connectivity index (χ4n) is 2.05. The summed E-state index contributed by atoms with van der Waals surface area (Å²) in [6, 6.07) is 6.94. The molecule has 1 rings (SSSR count). The van der Waals surface area contributed by atoms with Crippen molar-refractivity contribution in [3.05, 3.63) is 42.5 Å². The van der Waals surface area contributed by atoms with Gasteiger partial charge in [-0.15, -0.1) is 6.58 Å². The smallest absolute Gasteiger partial charge is 0.248 e. The molecule has 2 N–H and O–H groups in total. The second-order valence-corrected chi connectivity index (χ2v) is 5.20. The lowest BCUT2D eigenvalue weighted by molar-refractivity contribution is 0.100. The molecule has 0 spiro atoms.